The predicted octanol–water partition coefficient (Wildman–Crippen LogP) is 2.27. The lowest BCUT2D eigenvalue weighted by Crippen LogP contribution is -2.48. The summed E-state index contributed by atoms with van der Waals surface area (Å²) in [7, 11) is 0. The Balaban J connectivity index is 1.94. The van der Waals surface area contributed by atoms with Crippen molar-refractivity contribution in [1.29, 1.82) is 0 Å². The second kappa shape index (κ2) is 5.66. The van der Waals surface area contributed by atoms with Gasteiger partial charge in [0, 0.05) is 16.6 Å². The molecule has 1 unspecified atom stereocenters. The lowest BCUT2D eigenvalue weighted by molar-refractivity contribution is -0.154. The Labute approximate surface area is 129 Å². The van der Waals surface area contributed by atoms with E-state index < -0.39 is 12.1 Å². The summed E-state index contributed by atoms with van der Waals surface area (Å²) >= 11 is 1.23. The van der Waals surface area contributed by atoms with Gasteiger partial charge in [0.05, 0.1) is 18.0 Å². The van der Waals surface area contributed by atoms with Crippen molar-refractivity contribution in [3.8, 4) is 0 Å². The van der Waals surface area contributed by atoms with Crippen LogP contribution in [0.15, 0.2) is 18.2 Å². The van der Waals surface area contributed by atoms with E-state index in [0.29, 0.717) is 27.1 Å². The highest BCUT2D eigenvalue weighted by Crippen LogP contribution is 2.33. The summed E-state index contributed by atoms with van der Waals surface area (Å²) in [5.74, 6) is -1.71. The summed E-state index contributed by atoms with van der Waals surface area (Å²) < 4.78 is 19.7. The van der Waals surface area contributed by atoms with Gasteiger partial charge in [-0.3, -0.25) is 4.79 Å². The second-order valence-electron chi connectivity index (χ2n) is 5.12. The molecule has 0 bridgehead atoms. The molecule has 1 N–H and O–H groups in total. The average molecular weight is 323 g/mol. The predicted molar refractivity (Wildman–Crippen MR) is 79.8 cm³/mol. The largest absolute Gasteiger partial charge is 0.479 e. The van der Waals surface area contributed by atoms with E-state index in [1.165, 1.54) is 22.3 Å². The van der Waals surface area contributed by atoms with Gasteiger partial charge in [0.15, 0.2) is 6.10 Å². The van der Waals surface area contributed by atoms with Gasteiger partial charge in [-0.2, -0.15) is 0 Å². The van der Waals surface area contributed by atoms with Gasteiger partial charge in [-0.15, -0.1) is 11.3 Å². The molecule has 0 saturated carbocycles. The first-order valence-corrected chi connectivity index (χ1v) is 7.62. The van der Waals surface area contributed by atoms with Crippen LogP contribution in [0.3, 0.4) is 0 Å². The molecule has 1 saturated heterocycles. The van der Waals surface area contributed by atoms with E-state index >= 15 is 0 Å². The molecule has 1 fully saturated rings. The Morgan fingerprint density at radius 2 is 2.23 bits per heavy atom. The van der Waals surface area contributed by atoms with E-state index in [2.05, 4.69) is 0 Å². The van der Waals surface area contributed by atoms with Gasteiger partial charge in [0.1, 0.15) is 5.82 Å². The highest BCUT2D eigenvalue weighted by molar-refractivity contribution is 7.21. The number of hydrogen-bond donors (Lipinski definition) is 1. The van der Waals surface area contributed by atoms with Crippen molar-refractivity contribution >= 4 is 33.3 Å². The van der Waals surface area contributed by atoms with E-state index in [9.17, 15) is 14.0 Å². The minimum atomic E-state index is -1.09. The fourth-order valence-electron chi connectivity index (χ4n) is 2.58. The average Bonchev–Trinajstić information content (AvgIpc) is 2.85. The van der Waals surface area contributed by atoms with Crippen molar-refractivity contribution in [1.82, 2.24) is 4.90 Å². The maximum Gasteiger partial charge on any atom is 0.334 e. The number of carboxylic acid groups (broad SMARTS) is 1. The number of halogens is 1. The summed E-state index contributed by atoms with van der Waals surface area (Å²) in [6, 6.07) is 4.74. The highest BCUT2D eigenvalue weighted by Gasteiger charge is 2.31. The number of thiophene rings is 1. The SMILES string of the molecule is Cc1c(C(=O)N2CCOC(C(=O)O)C2)sc2cccc(F)c12. The van der Waals surface area contributed by atoms with Crippen LogP contribution in [-0.2, 0) is 9.53 Å². The van der Waals surface area contributed by atoms with Crippen molar-refractivity contribution < 1.29 is 23.8 Å². The normalized spacial score (nSPS) is 18.6. The van der Waals surface area contributed by atoms with E-state index in [1.54, 1.807) is 19.1 Å². The number of carbonyl (C=O) groups is 2. The lowest BCUT2D eigenvalue weighted by Gasteiger charge is -2.30. The molecule has 1 aliphatic heterocycles. The zero-order chi connectivity index (χ0) is 15.9. The quantitative estimate of drug-likeness (QED) is 0.921. The Morgan fingerprint density at radius 1 is 1.45 bits per heavy atom. The lowest BCUT2D eigenvalue weighted by atomic mass is 10.1. The van der Waals surface area contributed by atoms with E-state index in [4.69, 9.17) is 9.84 Å². The molecule has 1 atom stereocenters. The number of ether oxygens (including phenoxy) is 1. The number of aryl methyl sites for hydroxylation is 1. The summed E-state index contributed by atoms with van der Waals surface area (Å²) in [5, 5.41) is 9.46. The third-order valence-corrected chi connectivity index (χ3v) is 4.97. The molecule has 0 spiro atoms. The smallest absolute Gasteiger partial charge is 0.334 e. The molecule has 0 radical (unpaired) electrons. The number of amides is 1. The highest BCUT2D eigenvalue weighted by atomic mass is 32.1. The number of rotatable bonds is 2. The monoisotopic (exact) mass is 323 g/mol. The molecule has 1 aromatic heterocycles. The summed E-state index contributed by atoms with van der Waals surface area (Å²) in [6.45, 7) is 2.23. The second-order valence-corrected chi connectivity index (χ2v) is 6.17. The molecule has 1 amide bonds. The van der Waals surface area contributed by atoms with Gasteiger partial charge in [0.2, 0.25) is 0 Å². The Kier molecular flexibility index (Phi) is 3.84. The van der Waals surface area contributed by atoms with Gasteiger partial charge in [-0.25, -0.2) is 9.18 Å². The molecule has 7 heteroatoms. The molecule has 2 heterocycles. The first-order valence-electron chi connectivity index (χ1n) is 6.80. The fraction of sp³-hybridized carbons (Fsp3) is 0.333. The molecule has 3 rings (SSSR count). The van der Waals surface area contributed by atoms with Crippen LogP contribution in [-0.4, -0.2) is 47.7 Å². The number of morpholine rings is 1. The number of aliphatic carboxylic acids is 1. The first-order chi connectivity index (χ1) is 10.5. The summed E-state index contributed by atoms with van der Waals surface area (Å²) in [4.78, 5) is 25.5. The van der Waals surface area contributed by atoms with E-state index in [0.717, 1.165) is 0 Å². The van der Waals surface area contributed by atoms with Crippen molar-refractivity contribution in [3.05, 3.63) is 34.5 Å². The van der Waals surface area contributed by atoms with Crippen LogP contribution in [0.25, 0.3) is 10.1 Å². The summed E-state index contributed by atoms with van der Waals surface area (Å²) in [6.07, 6.45) is -1.01. The van der Waals surface area contributed by atoms with Crippen LogP contribution >= 0.6 is 11.3 Å². The van der Waals surface area contributed by atoms with Crippen LogP contribution in [0.2, 0.25) is 0 Å². The van der Waals surface area contributed by atoms with Crippen LogP contribution in [0, 0.1) is 12.7 Å². The topological polar surface area (TPSA) is 66.8 Å². The molecule has 116 valence electrons. The molecule has 0 aliphatic carbocycles. The van der Waals surface area contributed by atoms with Gasteiger partial charge < -0.3 is 14.7 Å². The number of carbonyl (C=O) groups excluding carboxylic acids is 1. The fourth-order valence-corrected chi connectivity index (χ4v) is 3.77. The molecule has 2 aromatic rings. The van der Waals surface area contributed by atoms with Crippen molar-refractivity contribution in [2.75, 3.05) is 19.7 Å². The summed E-state index contributed by atoms with van der Waals surface area (Å²) in [5.41, 5.74) is 0.599. The zero-order valence-electron chi connectivity index (χ0n) is 11.8. The van der Waals surface area contributed by atoms with Crippen molar-refractivity contribution in [2.24, 2.45) is 0 Å². The number of nitrogens with zero attached hydrogens (tertiary/aromatic N) is 1. The Hall–Kier alpha value is -1.99. The van der Waals surface area contributed by atoms with Crippen LogP contribution in [0.4, 0.5) is 4.39 Å². The first kappa shape index (κ1) is 14.9. The van der Waals surface area contributed by atoms with Crippen molar-refractivity contribution in [2.45, 2.75) is 13.0 Å². The van der Waals surface area contributed by atoms with Gasteiger partial charge in [0.25, 0.3) is 5.91 Å². The number of benzene rings is 1. The molecule has 1 aliphatic rings. The molecule has 1 aromatic carbocycles. The Bertz CT molecular complexity index is 757. The minimum absolute atomic E-state index is 0.00430. The zero-order valence-corrected chi connectivity index (χ0v) is 12.7. The molecular formula is C15H14FNO4S. The molecule has 5 nitrogen and oxygen atoms in total. The molecular weight excluding hydrogens is 309 g/mol. The van der Waals surface area contributed by atoms with E-state index in [-0.39, 0.29) is 24.9 Å². The minimum Gasteiger partial charge on any atom is -0.479 e. The van der Waals surface area contributed by atoms with Crippen molar-refractivity contribution in [3.63, 3.8) is 0 Å². The van der Waals surface area contributed by atoms with Gasteiger partial charge in [-0.05, 0) is 24.6 Å². The third-order valence-electron chi connectivity index (χ3n) is 3.73. The maximum atomic E-state index is 13.9. The van der Waals surface area contributed by atoms with E-state index in [1.807, 2.05) is 0 Å². The molecule has 22 heavy (non-hydrogen) atoms. The van der Waals surface area contributed by atoms with Gasteiger partial charge >= 0.3 is 5.97 Å². The van der Waals surface area contributed by atoms with Crippen LogP contribution < -0.4 is 0 Å². The van der Waals surface area contributed by atoms with Crippen LogP contribution in [0.5, 0.6) is 0 Å². The Morgan fingerprint density at radius 3 is 2.91 bits per heavy atom. The number of hydrogen-bond acceptors (Lipinski definition) is 4. The van der Waals surface area contributed by atoms with Crippen LogP contribution in [0.1, 0.15) is 15.2 Å². The maximum absolute atomic E-state index is 13.9. The standard InChI is InChI=1S/C15H14FNO4S/c1-8-12-9(16)3-2-4-11(12)22-13(8)14(18)17-5-6-21-10(7-17)15(19)20/h2-4,10H,5-7H2,1H3,(H,19,20). The third kappa shape index (κ3) is 2.46. The van der Waals surface area contributed by atoms with Gasteiger partial charge in [-0.1, -0.05) is 6.07 Å². The number of fused-ring (bicyclic) bond motifs is 1. The number of carboxylic acids is 1.